The van der Waals surface area contributed by atoms with E-state index in [0.29, 0.717) is 68.3 Å². The van der Waals surface area contributed by atoms with Gasteiger partial charge in [0.15, 0.2) is 11.7 Å². The van der Waals surface area contributed by atoms with Crippen molar-refractivity contribution in [3.8, 4) is 11.3 Å². The van der Waals surface area contributed by atoms with Crippen molar-refractivity contribution in [2.24, 2.45) is 0 Å². The van der Waals surface area contributed by atoms with Gasteiger partial charge in [-0.15, -0.1) is 0 Å². The summed E-state index contributed by atoms with van der Waals surface area (Å²) in [5.41, 5.74) is 0.883. The molecule has 156 valence electrons. The predicted molar refractivity (Wildman–Crippen MR) is 106 cm³/mol. The minimum absolute atomic E-state index is 0.0213. The maximum atomic E-state index is 13.4. The lowest BCUT2D eigenvalue weighted by Gasteiger charge is -2.40. The summed E-state index contributed by atoms with van der Waals surface area (Å²) in [6.07, 6.45) is 3.04. The van der Waals surface area contributed by atoms with Gasteiger partial charge in [-0.1, -0.05) is 12.1 Å². The number of rotatable bonds is 3. The molecule has 0 aliphatic carbocycles. The Hall–Kier alpha value is -2.23. The van der Waals surface area contributed by atoms with Crippen molar-refractivity contribution in [3.05, 3.63) is 35.9 Å². The Morgan fingerprint density at radius 2 is 1.97 bits per heavy atom. The second-order valence-electron chi connectivity index (χ2n) is 7.69. The Kier molecular flexibility index (Phi) is 5.22. The Morgan fingerprint density at radius 3 is 2.66 bits per heavy atom. The molecule has 0 unspecified atom stereocenters. The molecule has 2 fully saturated rings. The third-order valence-electron chi connectivity index (χ3n) is 5.69. The number of benzene rings is 1. The Morgan fingerprint density at radius 1 is 1.21 bits per heavy atom. The molecule has 0 radical (unpaired) electrons. The molecule has 2 saturated heterocycles. The molecule has 1 N–H and O–H groups in total. The summed E-state index contributed by atoms with van der Waals surface area (Å²) in [6.45, 7) is 5.04. The maximum absolute atomic E-state index is 13.4. The van der Waals surface area contributed by atoms with E-state index in [9.17, 15) is 13.2 Å². The molecule has 1 spiro atoms. The number of hydrogen-bond acceptors (Lipinski definition) is 6. The van der Waals surface area contributed by atoms with Crippen molar-refractivity contribution in [3.63, 3.8) is 0 Å². The van der Waals surface area contributed by atoms with E-state index in [2.05, 4.69) is 10.3 Å². The molecule has 2 aliphatic rings. The first-order chi connectivity index (χ1) is 13.8. The van der Waals surface area contributed by atoms with E-state index < -0.39 is 15.6 Å². The highest BCUT2D eigenvalue weighted by Crippen LogP contribution is 2.33. The van der Waals surface area contributed by atoms with Crippen LogP contribution < -0.4 is 5.32 Å². The van der Waals surface area contributed by atoms with Crippen LogP contribution in [0.4, 0.5) is 0 Å². The van der Waals surface area contributed by atoms with E-state index in [4.69, 9.17) is 9.15 Å². The summed E-state index contributed by atoms with van der Waals surface area (Å²) in [6, 6.07) is 5.27. The highest BCUT2D eigenvalue weighted by molar-refractivity contribution is 7.89. The second kappa shape index (κ2) is 7.55. The number of sulfonamides is 1. The summed E-state index contributed by atoms with van der Waals surface area (Å²) < 4.78 is 39.7. The number of nitrogens with zero attached hydrogens (tertiary/aromatic N) is 2. The Balaban J connectivity index is 1.56. The number of oxazole rings is 1. The van der Waals surface area contributed by atoms with E-state index >= 15 is 0 Å². The molecule has 29 heavy (non-hydrogen) atoms. The summed E-state index contributed by atoms with van der Waals surface area (Å²) in [5.74, 6) is 1.05. The molecule has 1 aromatic carbocycles. The lowest BCUT2D eigenvalue weighted by molar-refractivity contribution is -0.120. The zero-order valence-corrected chi connectivity index (χ0v) is 17.4. The SMILES string of the molecule is Cc1ncc(-c2ccc(C)c(S(=O)(=O)N3CCC4(CC3)CNC(=O)CCO4)c2)o1. The fourth-order valence-electron chi connectivity index (χ4n) is 3.88. The van der Waals surface area contributed by atoms with Crippen LogP contribution >= 0.6 is 0 Å². The minimum atomic E-state index is -3.66. The first kappa shape index (κ1) is 20.1. The number of aryl methyl sites for hydroxylation is 2. The maximum Gasteiger partial charge on any atom is 0.243 e. The van der Waals surface area contributed by atoms with Crippen LogP contribution in [0.3, 0.4) is 0 Å². The first-order valence-electron chi connectivity index (χ1n) is 9.73. The second-order valence-corrected chi connectivity index (χ2v) is 9.59. The van der Waals surface area contributed by atoms with Crippen molar-refractivity contribution in [2.75, 3.05) is 26.2 Å². The molecule has 2 aromatic rings. The topological polar surface area (TPSA) is 102 Å². The molecular formula is C20H25N3O5S. The molecule has 3 heterocycles. The first-order valence-corrected chi connectivity index (χ1v) is 11.2. The van der Waals surface area contributed by atoms with Crippen LogP contribution in [0.15, 0.2) is 33.7 Å². The fourth-order valence-corrected chi connectivity index (χ4v) is 5.57. The summed E-state index contributed by atoms with van der Waals surface area (Å²) >= 11 is 0. The van der Waals surface area contributed by atoms with Crippen LogP contribution in [0.25, 0.3) is 11.3 Å². The van der Waals surface area contributed by atoms with Crippen LogP contribution in [0.1, 0.15) is 30.7 Å². The average molecular weight is 420 g/mol. The van der Waals surface area contributed by atoms with Crippen molar-refractivity contribution in [1.82, 2.24) is 14.6 Å². The summed E-state index contributed by atoms with van der Waals surface area (Å²) in [5, 5.41) is 2.88. The van der Waals surface area contributed by atoms with Gasteiger partial charge in [-0.2, -0.15) is 4.31 Å². The molecule has 9 heteroatoms. The quantitative estimate of drug-likeness (QED) is 0.817. The Labute approximate surface area is 170 Å². The molecule has 2 aliphatic heterocycles. The molecule has 1 aromatic heterocycles. The van der Waals surface area contributed by atoms with E-state index in [-0.39, 0.29) is 10.8 Å². The zero-order valence-electron chi connectivity index (χ0n) is 16.6. The molecule has 0 atom stereocenters. The van der Waals surface area contributed by atoms with Crippen LogP contribution in [-0.4, -0.2) is 55.5 Å². The highest BCUT2D eigenvalue weighted by atomic mass is 32.2. The van der Waals surface area contributed by atoms with Gasteiger partial charge in [0.2, 0.25) is 15.9 Å². The van der Waals surface area contributed by atoms with Gasteiger partial charge in [0.25, 0.3) is 0 Å². The van der Waals surface area contributed by atoms with Gasteiger partial charge in [-0.3, -0.25) is 4.79 Å². The fraction of sp³-hybridized carbons (Fsp3) is 0.500. The number of piperidine rings is 1. The number of nitrogens with one attached hydrogen (secondary N) is 1. The Bertz CT molecular complexity index is 1020. The van der Waals surface area contributed by atoms with Crippen LogP contribution in [-0.2, 0) is 19.6 Å². The third-order valence-corrected chi connectivity index (χ3v) is 7.73. The standard InChI is InChI=1S/C20H25N3O5S/c1-14-3-4-16(17-12-21-15(2)28-17)11-18(14)29(25,26)23-8-6-20(7-9-23)13-22-19(24)5-10-27-20/h3-4,11-12H,5-10,13H2,1-2H3,(H,22,24). The molecule has 1 amide bonds. The van der Waals surface area contributed by atoms with Crippen LogP contribution in [0, 0.1) is 13.8 Å². The van der Waals surface area contributed by atoms with Crippen molar-refractivity contribution < 1.29 is 22.4 Å². The van der Waals surface area contributed by atoms with Crippen molar-refractivity contribution >= 4 is 15.9 Å². The van der Waals surface area contributed by atoms with E-state index in [1.807, 2.05) is 6.07 Å². The number of aromatic nitrogens is 1. The highest BCUT2D eigenvalue weighted by Gasteiger charge is 2.41. The predicted octanol–water partition coefficient (Wildman–Crippen LogP) is 2.02. The largest absolute Gasteiger partial charge is 0.441 e. The van der Waals surface area contributed by atoms with Gasteiger partial charge in [-0.25, -0.2) is 13.4 Å². The molecule has 4 rings (SSSR count). The van der Waals surface area contributed by atoms with Crippen molar-refractivity contribution in [2.45, 2.75) is 43.6 Å². The summed E-state index contributed by atoms with van der Waals surface area (Å²) in [4.78, 5) is 16.0. The number of carbonyl (C=O) groups excluding carboxylic acids is 1. The number of carbonyl (C=O) groups is 1. The summed E-state index contributed by atoms with van der Waals surface area (Å²) in [7, 11) is -3.66. The van der Waals surface area contributed by atoms with Gasteiger partial charge in [0.1, 0.15) is 0 Å². The number of amides is 1. The normalized spacial score (nSPS) is 20.4. The number of ether oxygens (including phenoxy) is 1. The molecule has 8 nitrogen and oxygen atoms in total. The monoisotopic (exact) mass is 419 g/mol. The number of hydrogen-bond donors (Lipinski definition) is 1. The molecule has 0 saturated carbocycles. The van der Waals surface area contributed by atoms with Gasteiger partial charge >= 0.3 is 0 Å². The van der Waals surface area contributed by atoms with Gasteiger partial charge in [0.05, 0.1) is 23.3 Å². The van der Waals surface area contributed by atoms with E-state index in [0.717, 1.165) is 0 Å². The van der Waals surface area contributed by atoms with E-state index in [1.54, 1.807) is 32.2 Å². The smallest absolute Gasteiger partial charge is 0.243 e. The van der Waals surface area contributed by atoms with Crippen LogP contribution in [0.5, 0.6) is 0 Å². The van der Waals surface area contributed by atoms with Crippen LogP contribution in [0.2, 0.25) is 0 Å². The van der Waals surface area contributed by atoms with Crippen molar-refractivity contribution in [1.29, 1.82) is 0 Å². The van der Waals surface area contributed by atoms with Gasteiger partial charge in [0, 0.05) is 38.5 Å². The minimum Gasteiger partial charge on any atom is -0.441 e. The molecular weight excluding hydrogens is 394 g/mol. The molecule has 0 bridgehead atoms. The third kappa shape index (κ3) is 3.94. The lowest BCUT2D eigenvalue weighted by Crippen LogP contribution is -2.52. The average Bonchev–Trinajstić information content (AvgIpc) is 3.05. The van der Waals surface area contributed by atoms with Gasteiger partial charge < -0.3 is 14.5 Å². The van der Waals surface area contributed by atoms with E-state index in [1.165, 1.54) is 4.31 Å². The van der Waals surface area contributed by atoms with Gasteiger partial charge in [-0.05, 0) is 31.4 Å². The lowest BCUT2D eigenvalue weighted by atomic mass is 9.92. The zero-order chi connectivity index (χ0) is 20.6.